The average Bonchev–Trinajstić information content (AvgIpc) is 3.62. The molecule has 5 rings (SSSR count). The van der Waals surface area contributed by atoms with Gasteiger partial charge < -0.3 is 14.4 Å². The van der Waals surface area contributed by atoms with Crippen LogP contribution in [0, 0.1) is 12.8 Å². The Bertz CT molecular complexity index is 1210. The van der Waals surface area contributed by atoms with Gasteiger partial charge >= 0.3 is 0 Å². The summed E-state index contributed by atoms with van der Waals surface area (Å²) in [4.78, 5) is 24.8. The molecule has 34 heavy (non-hydrogen) atoms. The van der Waals surface area contributed by atoms with E-state index >= 15 is 0 Å². The number of likely N-dealkylation sites (tertiary alicyclic amines) is 1. The third-order valence-corrected chi connectivity index (χ3v) is 7.08. The summed E-state index contributed by atoms with van der Waals surface area (Å²) in [6.45, 7) is 5.53. The normalized spacial score (nSPS) is 16.6. The lowest BCUT2D eigenvalue weighted by molar-refractivity contribution is -0.127. The first-order valence-electron chi connectivity index (χ1n) is 11.6. The minimum absolute atomic E-state index is 0.0306. The third-order valence-electron chi connectivity index (χ3n) is 6.21. The first kappa shape index (κ1) is 22.5. The number of imidazole rings is 1. The van der Waals surface area contributed by atoms with Gasteiger partial charge in [-0.1, -0.05) is 35.5 Å². The number of hydrogen-bond acceptors (Lipinski definition) is 7. The van der Waals surface area contributed by atoms with E-state index in [4.69, 9.17) is 4.52 Å². The molecule has 0 bridgehead atoms. The number of nitrogens with zero attached hydrogens (tertiary/aromatic N) is 5. The van der Waals surface area contributed by atoms with Crippen LogP contribution in [0.1, 0.15) is 35.7 Å². The Balaban J connectivity index is 1.10. The fourth-order valence-electron chi connectivity index (χ4n) is 4.29. The molecule has 1 fully saturated rings. The molecule has 1 amide bonds. The molecule has 1 aliphatic heterocycles. The molecule has 1 aromatic carbocycles. The van der Waals surface area contributed by atoms with Gasteiger partial charge in [0.1, 0.15) is 5.82 Å². The van der Waals surface area contributed by atoms with Gasteiger partial charge in [0.15, 0.2) is 0 Å². The minimum atomic E-state index is -0.0306. The molecule has 3 aromatic heterocycles. The molecular formula is C25H28N6O2S. The van der Waals surface area contributed by atoms with E-state index in [1.165, 1.54) is 5.56 Å². The first-order valence-corrected chi connectivity index (χ1v) is 12.4. The van der Waals surface area contributed by atoms with Crippen molar-refractivity contribution in [2.24, 2.45) is 5.92 Å². The van der Waals surface area contributed by atoms with Crippen molar-refractivity contribution in [1.82, 2.24) is 29.9 Å². The van der Waals surface area contributed by atoms with Crippen molar-refractivity contribution < 1.29 is 9.32 Å². The summed E-state index contributed by atoms with van der Waals surface area (Å²) in [5.74, 6) is 2.29. The number of aryl methyl sites for hydroxylation is 1. The highest BCUT2D eigenvalue weighted by atomic mass is 32.1. The molecule has 4 heterocycles. The first-order chi connectivity index (χ1) is 16.6. The van der Waals surface area contributed by atoms with Crippen LogP contribution in [0.4, 0.5) is 0 Å². The zero-order valence-corrected chi connectivity index (χ0v) is 20.0. The molecule has 9 heteroatoms. The van der Waals surface area contributed by atoms with Gasteiger partial charge in [-0.05, 0) is 48.9 Å². The summed E-state index contributed by atoms with van der Waals surface area (Å²) >= 11 is 1.59. The Morgan fingerprint density at radius 3 is 2.82 bits per heavy atom. The molecule has 0 radical (unpaired) electrons. The standard InChI is InChI=1S/C25H28N6O2S/c1-18-26-10-12-31(18)15-20-8-6-19(7-9-20)14-27-25(32)21-4-2-11-30(16-21)17-23-28-24(29-33-23)22-5-3-13-34-22/h3,5-10,12-13,21H,2,4,11,14-17H2,1H3,(H,27,32). The predicted octanol–water partition coefficient (Wildman–Crippen LogP) is 3.88. The maximum atomic E-state index is 12.8. The number of hydrogen-bond donors (Lipinski definition) is 1. The van der Waals surface area contributed by atoms with Crippen LogP contribution in [0.3, 0.4) is 0 Å². The summed E-state index contributed by atoms with van der Waals surface area (Å²) in [5, 5.41) is 9.20. The van der Waals surface area contributed by atoms with Crippen LogP contribution in [0.15, 0.2) is 58.7 Å². The van der Waals surface area contributed by atoms with Gasteiger partial charge in [0.05, 0.1) is 17.3 Å². The van der Waals surface area contributed by atoms with Gasteiger partial charge in [-0.25, -0.2) is 4.98 Å². The molecule has 8 nitrogen and oxygen atoms in total. The lowest BCUT2D eigenvalue weighted by Gasteiger charge is -2.30. The summed E-state index contributed by atoms with van der Waals surface area (Å²) < 4.78 is 7.55. The van der Waals surface area contributed by atoms with E-state index in [2.05, 4.69) is 54.2 Å². The number of thiophene rings is 1. The van der Waals surface area contributed by atoms with Gasteiger partial charge in [-0.3, -0.25) is 9.69 Å². The molecule has 1 N–H and O–H groups in total. The van der Waals surface area contributed by atoms with Crippen molar-refractivity contribution in [1.29, 1.82) is 0 Å². The second kappa shape index (κ2) is 10.3. The number of nitrogens with one attached hydrogen (secondary N) is 1. The van der Waals surface area contributed by atoms with E-state index in [9.17, 15) is 4.79 Å². The Morgan fingerprint density at radius 2 is 2.06 bits per heavy atom. The highest BCUT2D eigenvalue weighted by Gasteiger charge is 2.26. The Kier molecular flexibility index (Phi) is 6.82. The maximum absolute atomic E-state index is 12.8. The maximum Gasteiger partial charge on any atom is 0.241 e. The summed E-state index contributed by atoms with van der Waals surface area (Å²) in [6, 6.07) is 12.3. The van der Waals surface area contributed by atoms with Gasteiger partial charge in [0.25, 0.3) is 0 Å². The number of aromatic nitrogens is 4. The number of carbonyl (C=O) groups is 1. The number of benzene rings is 1. The molecule has 4 aromatic rings. The molecule has 1 atom stereocenters. The second-order valence-corrected chi connectivity index (χ2v) is 9.65. The summed E-state index contributed by atoms with van der Waals surface area (Å²) in [7, 11) is 0. The van der Waals surface area contributed by atoms with Crippen molar-refractivity contribution in [2.75, 3.05) is 13.1 Å². The Morgan fingerprint density at radius 1 is 1.21 bits per heavy atom. The minimum Gasteiger partial charge on any atom is -0.352 e. The molecular weight excluding hydrogens is 448 g/mol. The van der Waals surface area contributed by atoms with Gasteiger partial charge in [0.2, 0.25) is 17.6 Å². The molecule has 0 spiro atoms. The van der Waals surface area contributed by atoms with Crippen LogP contribution in [-0.4, -0.2) is 43.6 Å². The van der Waals surface area contributed by atoms with E-state index in [-0.39, 0.29) is 11.8 Å². The van der Waals surface area contributed by atoms with Crippen LogP contribution < -0.4 is 5.32 Å². The van der Waals surface area contributed by atoms with E-state index in [1.54, 1.807) is 11.3 Å². The SMILES string of the molecule is Cc1nccn1Cc1ccc(CNC(=O)C2CCCN(Cc3nc(-c4cccs4)no3)C2)cc1. The highest BCUT2D eigenvalue weighted by Crippen LogP contribution is 2.23. The number of carbonyl (C=O) groups excluding carboxylic acids is 1. The fourth-order valence-corrected chi connectivity index (χ4v) is 4.94. The smallest absolute Gasteiger partial charge is 0.241 e. The third kappa shape index (κ3) is 5.43. The van der Waals surface area contributed by atoms with E-state index in [1.807, 2.05) is 36.8 Å². The monoisotopic (exact) mass is 476 g/mol. The summed E-state index contributed by atoms with van der Waals surface area (Å²) in [6.07, 6.45) is 5.68. The Hall–Kier alpha value is -3.30. The van der Waals surface area contributed by atoms with Crippen molar-refractivity contribution in [3.63, 3.8) is 0 Å². The fraction of sp³-hybridized carbons (Fsp3) is 0.360. The Labute approximate surface area is 202 Å². The highest BCUT2D eigenvalue weighted by molar-refractivity contribution is 7.13. The van der Waals surface area contributed by atoms with Gasteiger partial charge in [-0.2, -0.15) is 4.98 Å². The van der Waals surface area contributed by atoms with Crippen LogP contribution in [-0.2, 0) is 24.4 Å². The largest absolute Gasteiger partial charge is 0.352 e. The van der Waals surface area contributed by atoms with E-state index in [0.717, 1.165) is 42.2 Å². The zero-order chi connectivity index (χ0) is 23.3. The van der Waals surface area contributed by atoms with Crippen molar-refractivity contribution in [3.05, 3.63) is 77.0 Å². The lowest BCUT2D eigenvalue weighted by atomic mass is 9.97. The summed E-state index contributed by atoms with van der Waals surface area (Å²) in [5.41, 5.74) is 2.31. The average molecular weight is 477 g/mol. The van der Waals surface area contributed by atoms with E-state index < -0.39 is 0 Å². The van der Waals surface area contributed by atoms with E-state index in [0.29, 0.717) is 31.3 Å². The van der Waals surface area contributed by atoms with Crippen molar-refractivity contribution >= 4 is 17.2 Å². The molecule has 176 valence electrons. The van der Waals surface area contributed by atoms with Crippen LogP contribution in [0.5, 0.6) is 0 Å². The number of piperidine rings is 1. The van der Waals surface area contributed by atoms with Crippen LogP contribution >= 0.6 is 11.3 Å². The predicted molar refractivity (Wildman–Crippen MR) is 130 cm³/mol. The topological polar surface area (TPSA) is 89.1 Å². The number of amides is 1. The molecule has 0 saturated carbocycles. The lowest BCUT2D eigenvalue weighted by Crippen LogP contribution is -2.42. The second-order valence-electron chi connectivity index (χ2n) is 8.70. The van der Waals surface area contributed by atoms with Gasteiger partial charge in [-0.15, -0.1) is 11.3 Å². The zero-order valence-electron chi connectivity index (χ0n) is 19.2. The molecule has 0 aliphatic carbocycles. The van der Waals surface area contributed by atoms with Crippen molar-refractivity contribution in [3.8, 4) is 10.7 Å². The molecule has 1 unspecified atom stereocenters. The van der Waals surface area contributed by atoms with Crippen molar-refractivity contribution in [2.45, 2.75) is 39.4 Å². The molecule has 1 aliphatic rings. The van der Waals surface area contributed by atoms with Gasteiger partial charge in [0, 0.05) is 32.0 Å². The van der Waals surface area contributed by atoms with Crippen LogP contribution in [0.2, 0.25) is 0 Å². The quantitative estimate of drug-likeness (QED) is 0.415. The molecule has 1 saturated heterocycles. The number of rotatable bonds is 8. The van der Waals surface area contributed by atoms with Crippen LogP contribution in [0.25, 0.3) is 10.7 Å².